The molecule has 1 saturated heterocycles. The molecule has 1 N–H and O–H groups in total. The summed E-state index contributed by atoms with van der Waals surface area (Å²) < 4.78 is 17.0. The monoisotopic (exact) mass is 420 g/mol. The number of allylic oxidation sites excluding steroid dienone is 3. The third-order valence-electron chi connectivity index (χ3n) is 4.87. The van der Waals surface area contributed by atoms with Crippen molar-refractivity contribution in [1.82, 2.24) is 0 Å². The molecule has 1 rings (SSSR count). The number of carbonyl (C=O) groups is 1. The maximum absolute atomic E-state index is 11.5. The molecule has 0 unspecified atom stereocenters. The summed E-state index contributed by atoms with van der Waals surface area (Å²) >= 11 is 0. The fraction of sp³-hybridized carbons (Fsp3) is 0.720. The van der Waals surface area contributed by atoms with E-state index in [4.69, 9.17) is 14.2 Å². The Morgan fingerprint density at radius 1 is 1.10 bits per heavy atom. The van der Waals surface area contributed by atoms with E-state index >= 15 is 0 Å². The Kier molecular flexibility index (Phi) is 13.4. The average Bonchev–Trinajstić information content (AvgIpc) is 2.98. The molecule has 1 aliphatic heterocycles. The van der Waals surface area contributed by atoms with Crippen LogP contribution in [0.5, 0.6) is 0 Å². The molecule has 0 radical (unpaired) electrons. The molecule has 0 aromatic carbocycles. The van der Waals surface area contributed by atoms with Crippen molar-refractivity contribution in [1.29, 1.82) is 0 Å². The Labute approximate surface area is 182 Å². The van der Waals surface area contributed by atoms with Gasteiger partial charge in [0.25, 0.3) is 0 Å². The Bertz CT molecular complexity index is 596. The van der Waals surface area contributed by atoms with Crippen molar-refractivity contribution in [3.63, 3.8) is 0 Å². The second-order valence-electron chi connectivity index (χ2n) is 8.10. The lowest BCUT2D eigenvalue weighted by Crippen LogP contribution is -2.22. The second kappa shape index (κ2) is 15.2. The van der Waals surface area contributed by atoms with Crippen LogP contribution in [-0.4, -0.2) is 41.8 Å². The van der Waals surface area contributed by atoms with E-state index in [1.165, 1.54) is 0 Å². The maximum atomic E-state index is 11.5. The van der Waals surface area contributed by atoms with Crippen molar-refractivity contribution in [3.05, 3.63) is 24.3 Å². The number of rotatable bonds is 13. The fourth-order valence-electron chi connectivity index (χ4n) is 3.44. The first-order chi connectivity index (χ1) is 14.4. The Morgan fingerprint density at radius 2 is 1.80 bits per heavy atom. The molecule has 5 nitrogen and oxygen atoms in total. The van der Waals surface area contributed by atoms with E-state index in [0.29, 0.717) is 13.0 Å². The number of aliphatic hydroxyl groups is 1. The highest BCUT2D eigenvalue weighted by atomic mass is 16.7. The van der Waals surface area contributed by atoms with Gasteiger partial charge in [-0.1, -0.05) is 44.1 Å². The van der Waals surface area contributed by atoms with Crippen LogP contribution in [0.15, 0.2) is 24.3 Å². The number of carbonyl (C=O) groups excluding carboxylic acids is 1. The summed E-state index contributed by atoms with van der Waals surface area (Å²) in [6.07, 6.45) is 14.7. The molecule has 3 atom stereocenters. The molecular formula is C25H40O5. The molecule has 30 heavy (non-hydrogen) atoms. The van der Waals surface area contributed by atoms with Crippen molar-refractivity contribution < 1.29 is 24.1 Å². The largest absolute Gasteiger partial charge is 0.466 e. The van der Waals surface area contributed by atoms with Gasteiger partial charge in [-0.2, -0.15) is 0 Å². The molecule has 0 aliphatic carbocycles. The number of aliphatic hydroxyl groups excluding tert-OH is 1. The summed E-state index contributed by atoms with van der Waals surface area (Å²) in [5, 5.41) is 9.80. The average molecular weight is 421 g/mol. The molecule has 0 amide bonds. The molecule has 1 aliphatic rings. The molecule has 1 fully saturated rings. The zero-order valence-electron chi connectivity index (χ0n) is 19.2. The molecule has 170 valence electrons. The predicted molar refractivity (Wildman–Crippen MR) is 120 cm³/mol. The van der Waals surface area contributed by atoms with Crippen LogP contribution in [-0.2, 0) is 19.0 Å². The summed E-state index contributed by atoms with van der Waals surface area (Å²) in [6.45, 7) is 8.24. The quantitative estimate of drug-likeness (QED) is 0.256. The molecule has 0 aromatic rings. The number of hydrogen-bond donors (Lipinski definition) is 1. The Balaban J connectivity index is 2.32. The number of esters is 1. The van der Waals surface area contributed by atoms with Gasteiger partial charge in [-0.05, 0) is 71.1 Å². The van der Waals surface area contributed by atoms with Crippen molar-refractivity contribution in [2.24, 2.45) is 0 Å². The van der Waals surface area contributed by atoms with E-state index in [1.807, 2.05) is 32.9 Å². The number of hydrogen-bond acceptors (Lipinski definition) is 5. The Hall–Kier alpha value is -1.61. The van der Waals surface area contributed by atoms with E-state index in [-0.39, 0.29) is 18.2 Å². The van der Waals surface area contributed by atoms with Crippen LogP contribution in [0.2, 0.25) is 0 Å². The van der Waals surface area contributed by atoms with Gasteiger partial charge in [-0.15, -0.1) is 0 Å². The highest BCUT2D eigenvalue weighted by Gasteiger charge is 2.40. The summed E-state index contributed by atoms with van der Waals surface area (Å²) in [5.74, 6) is 5.15. The SMILES string of the molecule is CCCCC[C@H](O)/C=C/C#C/C=C/CC[C@H]1OC(C)(C)O[C@H]1CCCC(=O)OCC. The summed E-state index contributed by atoms with van der Waals surface area (Å²) in [6, 6.07) is 0. The molecule has 1 heterocycles. The smallest absolute Gasteiger partial charge is 0.305 e. The number of unbranched alkanes of at least 4 members (excludes halogenated alkanes) is 2. The highest BCUT2D eigenvalue weighted by Crippen LogP contribution is 2.33. The molecule has 0 aromatic heterocycles. The first-order valence-corrected chi connectivity index (χ1v) is 11.4. The third-order valence-corrected chi connectivity index (χ3v) is 4.87. The summed E-state index contributed by atoms with van der Waals surface area (Å²) in [4.78, 5) is 11.5. The lowest BCUT2D eigenvalue weighted by atomic mass is 10.0. The minimum Gasteiger partial charge on any atom is -0.466 e. The first kappa shape index (κ1) is 26.4. The van der Waals surface area contributed by atoms with Crippen LogP contribution < -0.4 is 0 Å². The number of ether oxygens (including phenoxy) is 3. The van der Waals surface area contributed by atoms with Crippen molar-refractivity contribution in [2.75, 3.05) is 6.61 Å². The van der Waals surface area contributed by atoms with Gasteiger partial charge < -0.3 is 19.3 Å². The maximum Gasteiger partial charge on any atom is 0.305 e. The molecule has 0 bridgehead atoms. The normalized spacial score (nSPS) is 21.6. The minimum atomic E-state index is -0.592. The van der Waals surface area contributed by atoms with Crippen LogP contribution in [0, 0.1) is 11.8 Å². The van der Waals surface area contributed by atoms with Crippen LogP contribution in [0.25, 0.3) is 0 Å². The van der Waals surface area contributed by atoms with Gasteiger partial charge in [-0.25, -0.2) is 0 Å². The van der Waals surface area contributed by atoms with Crippen LogP contribution in [0.4, 0.5) is 0 Å². The minimum absolute atomic E-state index is 0.00830. The van der Waals surface area contributed by atoms with Gasteiger partial charge in [0, 0.05) is 6.42 Å². The topological polar surface area (TPSA) is 65.0 Å². The molecule has 0 saturated carbocycles. The standard InChI is InChI=1S/C25H40O5/c1-5-7-12-16-21(26)17-13-10-8-9-11-14-18-22-23(30-25(3,4)29-22)19-15-20-24(27)28-6-2/h9,11,13,17,21-23,26H,5-7,12,14-16,18-20H2,1-4H3/b11-9+,17-13+/t21-,22+,23-/m0/s1. The zero-order valence-corrected chi connectivity index (χ0v) is 19.2. The lowest BCUT2D eigenvalue weighted by molar-refractivity contribution is -0.147. The second-order valence-corrected chi connectivity index (χ2v) is 8.10. The fourth-order valence-corrected chi connectivity index (χ4v) is 3.44. The summed E-state index contributed by atoms with van der Waals surface area (Å²) in [7, 11) is 0. The van der Waals surface area contributed by atoms with Crippen molar-refractivity contribution >= 4 is 5.97 Å². The van der Waals surface area contributed by atoms with E-state index in [1.54, 1.807) is 12.2 Å². The van der Waals surface area contributed by atoms with Crippen molar-refractivity contribution in [3.8, 4) is 11.8 Å². The van der Waals surface area contributed by atoms with Crippen LogP contribution in [0.1, 0.15) is 85.5 Å². The Morgan fingerprint density at radius 3 is 2.50 bits per heavy atom. The zero-order chi connectivity index (χ0) is 22.2. The predicted octanol–water partition coefficient (Wildman–Crippen LogP) is 5.08. The van der Waals surface area contributed by atoms with E-state index in [9.17, 15) is 9.90 Å². The van der Waals surface area contributed by atoms with Gasteiger partial charge in [0.1, 0.15) is 0 Å². The van der Waals surface area contributed by atoms with Gasteiger partial charge in [0.15, 0.2) is 5.79 Å². The van der Waals surface area contributed by atoms with E-state index < -0.39 is 11.9 Å². The third kappa shape index (κ3) is 12.2. The molecular weight excluding hydrogens is 380 g/mol. The van der Waals surface area contributed by atoms with Gasteiger partial charge >= 0.3 is 5.97 Å². The highest BCUT2D eigenvalue weighted by molar-refractivity contribution is 5.69. The van der Waals surface area contributed by atoms with Gasteiger partial charge in [-0.3, -0.25) is 4.79 Å². The molecule has 5 heteroatoms. The van der Waals surface area contributed by atoms with Crippen LogP contribution >= 0.6 is 0 Å². The van der Waals surface area contributed by atoms with E-state index in [2.05, 4.69) is 18.8 Å². The van der Waals surface area contributed by atoms with Crippen molar-refractivity contribution in [2.45, 2.75) is 110 Å². The summed E-state index contributed by atoms with van der Waals surface area (Å²) in [5.41, 5.74) is 0. The first-order valence-electron chi connectivity index (χ1n) is 11.4. The molecule has 0 spiro atoms. The van der Waals surface area contributed by atoms with Gasteiger partial charge in [0.2, 0.25) is 0 Å². The van der Waals surface area contributed by atoms with Gasteiger partial charge in [0.05, 0.1) is 24.9 Å². The van der Waals surface area contributed by atoms with E-state index in [0.717, 1.165) is 51.4 Å². The lowest BCUT2D eigenvalue weighted by Gasteiger charge is -2.16. The van der Waals surface area contributed by atoms with Crippen LogP contribution in [0.3, 0.4) is 0 Å².